The van der Waals surface area contributed by atoms with Crippen LogP contribution in [0.2, 0.25) is 0 Å². The molecule has 0 saturated heterocycles. The molecular weight excluding hydrogens is 136 g/mol. The largest absolute Gasteiger partial charge is 0.299 e. The number of rotatable bonds is 0. The fourth-order valence-electron chi connectivity index (χ4n) is 2.75. The summed E-state index contributed by atoms with van der Waals surface area (Å²) in [4.78, 5) is 11.5. The third kappa shape index (κ3) is 1.02. The van der Waals surface area contributed by atoms with Crippen LogP contribution in [-0.2, 0) is 4.79 Å². The highest BCUT2D eigenvalue weighted by molar-refractivity contribution is 5.84. The second kappa shape index (κ2) is 2.09. The van der Waals surface area contributed by atoms with Gasteiger partial charge in [0.2, 0.25) is 0 Å². The first-order chi connectivity index (χ1) is 5.11. The maximum absolute atomic E-state index is 11.5. The van der Waals surface area contributed by atoms with Crippen LogP contribution < -0.4 is 0 Å². The molecule has 0 N–H and O–H groups in total. The first kappa shape index (κ1) is 7.33. The number of fused-ring (bicyclic) bond motifs is 2. The normalized spacial score (nSPS) is 49.8. The van der Waals surface area contributed by atoms with Crippen molar-refractivity contribution in [3.63, 3.8) is 0 Å². The van der Waals surface area contributed by atoms with Gasteiger partial charge in [-0.1, -0.05) is 13.8 Å². The van der Waals surface area contributed by atoms with Crippen LogP contribution in [0.15, 0.2) is 0 Å². The van der Waals surface area contributed by atoms with Crippen molar-refractivity contribution in [3.05, 3.63) is 0 Å². The Morgan fingerprint density at radius 2 is 2.27 bits per heavy atom. The number of carbonyl (C=O) groups is 1. The van der Waals surface area contributed by atoms with E-state index in [2.05, 4.69) is 13.8 Å². The second-order valence-corrected chi connectivity index (χ2v) is 4.78. The van der Waals surface area contributed by atoms with E-state index in [-0.39, 0.29) is 0 Å². The molecule has 1 heteroatoms. The summed E-state index contributed by atoms with van der Waals surface area (Å²) >= 11 is 0. The molecule has 0 spiro atoms. The van der Waals surface area contributed by atoms with Crippen molar-refractivity contribution in [3.8, 4) is 0 Å². The molecular formula is C10H16O. The number of Topliss-reactive ketones (excluding diaryl/α,β-unsaturated/α-hetero) is 1. The Hall–Kier alpha value is -0.330. The van der Waals surface area contributed by atoms with Crippen molar-refractivity contribution in [2.24, 2.45) is 17.3 Å². The number of ketones is 1. The highest BCUT2D eigenvalue weighted by Gasteiger charge is 2.46. The van der Waals surface area contributed by atoms with Crippen LogP contribution in [0, 0.1) is 17.3 Å². The average Bonchev–Trinajstić information content (AvgIpc) is 2.18. The molecule has 2 saturated carbocycles. The van der Waals surface area contributed by atoms with E-state index in [0.29, 0.717) is 23.0 Å². The minimum atomic E-state index is 0.397. The molecule has 2 bridgehead atoms. The topological polar surface area (TPSA) is 17.1 Å². The Balaban J connectivity index is 2.24. The fraction of sp³-hybridized carbons (Fsp3) is 0.900. The van der Waals surface area contributed by atoms with Crippen LogP contribution in [0.1, 0.15) is 39.5 Å². The molecule has 0 heterocycles. The molecule has 2 rings (SSSR count). The van der Waals surface area contributed by atoms with Gasteiger partial charge in [0.05, 0.1) is 0 Å². The van der Waals surface area contributed by atoms with Crippen LogP contribution in [-0.4, -0.2) is 5.78 Å². The molecule has 11 heavy (non-hydrogen) atoms. The second-order valence-electron chi connectivity index (χ2n) is 4.78. The zero-order valence-corrected chi connectivity index (χ0v) is 7.39. The van der Waals surface area contributed by atoms with Gasteiger partial charge in [0, 0.05) is 12.3 Å². The van der Waals surface area contributed by atoms with Crippen molar-refractivity contribution in [1.82, 2.24) is 0 Å². The smallest absolute Gasteiger partial charge is 0.136 e. The van der Waals surface area contributed by atoms with Gasteiger partial charge in [0.1, 0.15) is 5.78 Å². The van der Waals surface area contributed by atoms with Crippen molar-refractivity contribution in [2.45, 2.75) is 39.5 Å². The predicted molar refractivity (Wildman–Crippen MR) is 44.2 cm³/mol. The van der Waals surface area contributed by atoms with Gasteiger partial charge in [-0.25, -0.2) is 0 Å². The minimum Gasteiger partial charge on any atom is -0.299 e. The Bertz CT molecular complexity index is 197. The predicted octanol–water partition coefficient (Wildman–Crippen LogP) is 2.40. The van der Waals surface area contributed by atoms with Crippen molar-refractivity contribution in [2.75, 3.05) is 0 Å². The van der Waals surface area contributed by atoms with Crippen molar-refractivity contribution >= 4 is 5.78 Å². The van der Waals surface area contributed by atoms with E-state index in [1.54, 1.807) is 0 Å². The van der Waals surface area contributed by atoms with Gasteiger partial charge in [0.15, 0.2) is 0 Å². The van der Waals surface area contributed by atoms with E-state index in [1.807, 2.05) is 0 Å². The summed E-state index contributed by atoms with van der Waals surface area (Å²) in [6.45, 7) is 4.50. The summed E-state index contributed by atoms with van der Waals surface area (Å²) in [7, 11) is 0. The van der Waals surface area contributed by atoms with Gasteiger partial charge in [-0.2, -0.15) is 0 Å². The number of carbonyl (C=O) groups excluding carboxylic acids is 1. The monoisotopic (exact) mass is 152 g/mol. The number of hydrogen-bond donors (Lipinski definition) is 0. The van der Waals surface area contributed by atoms with E-state index < -0.39 is 0 Å². The van der Waals surface area contributed by atoms with Crippen LogP contribution in [0.3, 0.4) is 0 Å². The molecule has 0 aromatic rings. The molecule has 0 aromatic heterocycles. The van der Waals surface area contributed by atoms with Crippen LogP contribution in [0.5, 0.6) is 0 Å². The minimum absolute atomic E-state index is 0.397. The molecule has 3 atom stereocenters. The Morgan fingerprint density at radius 3 is 2.91 bits per heavy atom. The highest BCUT2D eigenvalue weighted by atomic mass is 16.1. The van der Waals surface area contributed by atoms with Gasteiger partial charge >= 0.3 is 0 Å². The van der Waals surface area contributed by atoms with Gasteiger partial charge < -0.3 is 0 Å². The molecule has 62 valence electrons. The molecule has 0 aromatic carbocycles. The van der Waals surface area contributed by atoms with E-state index >= 15 is 0 Å². The zero-order valence-electron chi connectivity index (χ0n) is 7.39. The molecule has 0 radical (unpaired) electrons. The van der Waals surface area contributed by atoms with Crippen LogP contribution in [0.25, 0.3) is 0 Å². The van der Waals surface area contributed by atoms with Gasteiger partial charge in [-0.05, 0) is 30.6 Å². The Kier molecular flexibility index (Phi) is 1.39. The van der Waals surface area contributed by atoms with E-state index in [4.69, 9.17) is 0 Å². The Labute approximate surface area is 68.2 Å². The molecule has 0 amide bonds. The summed E-state index contributed by atoms with van der Waals surface area (Å²) in [6.07, 6.45) is 4.58. The maximum atomic E-state index is 11.5. The molecule has 2 aliphatic carbocycles. The average molecular weight is 152 g/mol. The lowest BCUT2D eigenvalue weighted by atomic mass is 9.73. The fourth-order valence-corrected chi connectivity index (χ4v) is 2.75. The van der Waals surface area contributed by atoms with Crippen LogP contribution in [0.4, 0.5) is 0 Å². The first-order valence-corrected chi connectivity index (χ1v) is 4.63. The summed E-state index contributed by atoms with van der Waals surface area (Å²) < 4.78 is 0. The third-order valence-corrected chi connectivity index (χ3v) is 3.62. The van der Waals surface area contributed by atoms with Gasteiger partial charge in [0.25, 0.3) is 0 Å². The summed E-state index contributed by atoms with van der Waals surface area (Å²) in [6, 6.07) is 0. The van der Waals surface area contributed by atoms with E-state index in [0.717, 1.165) is 6.42 Å². The van der Waals surface area contributed by atoms with E-state index in [9.17, 15) is 4.79 Å². The molecule has 0 unspecified atom stereocenters. The number of hydrogen-bond acceptors (Lipinski definition) is 1. The Morgan fingerprint density at radius 1 is 1.55 bits per heavy atom. The van der Waals surface area contributed by atoms with E-state index in [1.165, 1.54) is 19.3 Å². The van der Waals surface area contributed by atoms with Crippen molar-refractivity contribution in [1.29, 1.82) is 0 Å². The summed E-state index contributed by atoms with van der Waals surface area (Å²) in [5.74, 6) is 1.63. The maximum Gasteiger partial charge on any atom is 0.136 e. The third-order valence-electron chi connectivity index (χ3n) is 3.62. The van der Waals surface area contributed by atoms with Gasteiger partial charge in [-0.3, -0.25) is 4.79 Å². The lowest BCUT2D eigenvalue weighted by Gasteiger charge is -2.31. The molecule has 2 aliphatic rings. The zero-order chi connectivity index (χ0) is 8.06. The van der Waals surface area contributed by atoms with Crippen molar-refractivity contribution < 1.29 is 4.79 Å². The summed E-state index contributed by atoms with van der Waals surface area (Å²) in [5.41, 5.74) is 0.397. The standard InChI is InChI=1S/C10H16O/c1-7-3-4-10(2)5-8(7)9(11)6-10/h7-8H,3-6H2,1-2H3/t7-,8-,10+/m0/s1. The lowest BCUT2D eigenvalue weighted by molar-refractivity contribution is -0.121. The lowest BCUT2D eigenvalue weighted by Crippen LogP contribution is -2.22. The SMILES string of the molecule is C[C@H]1CC[C@@]2(C)CC(=O)[C@H]1C2. The molecule has 0 aliphatic heterocycles. The molecule has 1 nitrogen and oxygen atoms in total. The quantitative estimate of drug-likeness (QED) is 0.521. The van der Waals surface area contributed by atoms with Crippen LogP contribution >= 0.6 is 0 Å². The summed E-state index contributed by atoms with van der Waals surface area (Å²) in [5, 5.41) is 0. The highest BCUT2D eigenvalue weighted by Crippen LogP contribution is 2.51. The molecule has 2 fully saturated rings. The van der Waals surface area contributed by atoms with Gasteiger partial charge in [-0.15, -0.1) is 0 Å². The first-order valence-electron chi connectivity index (χ1n) is 4.63.